The van der Waals surface area contributed by atoms with E-state index >= 15 is 0 Å². The van der Waals surface area contributed by atoms with E-state index in [4.69, 9.17) is 34.0 Å². The minimum atomic E-state index is -1.04. The quantitative estimate of drug-likeness (QED) is 0.837. The lowest BCUT2D eigenvalue weighted by atomic mass is 9.96. The molecule has 0 aliphatic heterocycles. The Balaban J connectivity index is 2.60. The zero-order valence-electron chi connectivity index (χ0n) is 11.0. The molecule has 0 fully saturated rings. The molecule has 0 aromatic heterocycles. The molecule has 0 spiro atoms. The van der Waals surface area contributed by atoms with Crippen LogP contribution in [0.4, 0.5) is 0 Å². The number of hydrogen-bond donors (Lipinski definition) is 2. The fourth-order valence-electron chi connectivity index (χ4n) is 2.03. The third-order valence-corrected chi connectivity index (χ3v) is 3.35. The van der Waals surface area contributed by atoms with Crippen LogP contribution in [0.5, 0.6) is 0 Å². The second kappa shape index (κ2) is 6.76. The van der Waals surface area contributed by atoms with Crippen LogP contribution in [0.2, 0.25) is 10.0 Å². The molecule has 0 aliphatic rings. The Bertz CT molecular complexity index is 691. The Morgan fingerprint density at radius 3 is 2.33 bits per heavy atom. The molecule has 0 saturated carbocycles. The number of carboxylic acid groups (broad SMARTS) is 1. The van der Waals surface area contributed by atoms with Gasteiger partial charge in [-0.1, -0.05) is 41.4 Å². The first-order valence-electron chi connectivity index (χ1n) is 6.20. The summed E-state index contributed by atoms with van der Waals surface area (Å²) < 4.78 is 0. The Morgan fingerprint density at radius 1 is 1.10 bits per heavy atom. The van der Waals surface area contributed by atoms with Crippen molar-refractivity contribution in [1.82, 2.24) is 0 Å². The van der Waals surface area contributed by atoms with Crippen molar-refractivity contribution in [2.75, 3.05) is 0 Å². The molecule has 108 valence electrons. The van der Waals surface area contributed by atoms with E-state index in [0.717, 1.165) is 17.2 Å². The molecule has 0 unspecified atom stereocenters. The predicted octanol–water partition coefficient (Wildman–Crippen LogP) is 3.97. The van der Waals surface area contributed by atoms with E-state index in [1.54, 1.807) is 18.2 Å². The zero-order chi connectivity index (χ0) is 15.4. The molecule has 0 bridgehead atoms. The molecule has 0 amide bonds. The predicted molar refractivity (Wildman–Crippen MR) is 85.5 cm³/mol. The van der Waals surface area contributed by atoms with Gasteiger partial charge < -0.3 is 10.8 Å². The van der Waals surface area contributed by atoms with E-state index in [0.29, 0.717) is 27.7 Å². The topological polar surface area (TPSA) is 63.3 Å². The Labute approximate surface area is 132 Å². The average Bonchev–Trinajstić information content (AvgIpc) is 2.43. The number of carbonyl (C=O) groups is 1. The normalized spacial score (nSPS) is 11.5. The highest BCUT2D eigenvalue weighted by atomic mass is 35.5. The maximum Gasteiger partial charge on any atom is 0.328 e. The largest absolute Gasteiger partial charge is 0.478 e. The Hall–Kier alpha value is -1.81. The average molecular weight is 322 g/mol. The summed E-state index contributed by atoms with van der Waals surface area (Å²) in [7, 11) is 0. The molecule has 21 heavy (non-hydrogen) atoms. The standard InChI is InChI=1S/C16H13Cl2NO2/c17-13-5-12(6-14(18)7-13)15(8-16(20)21)11-3-1-2-10(4-11)9-19/h1-8H,9,19H2,(H,20,21)/b15-8-. The summed E-state index contributed by atoms with van der Waals surface area (Å²) >= 11 is 12.0. The van der Waals surface area contributed by atoms with E-state index in [1.807, 2.05) is 24.3 Å². The molecule has 0 aliphatic carbocycles. The van der Waals surface area contributed by atoms with Crippen LogP contribution in [-0.2, 0) is 11.3 Å². The third-order valence-electron chi connectivity index (χ3n) is 2.92. The van der Waals surface area contributed by atoms with Crippen LogP contribution in [0.15, 0.2) is 48.5 Å². The van der Waals surface area contributed by atoms with E-state index < -0.39 is 5.97 Å². The van der Waals surface area contributed by atoms with Gasteiger partial charge >= 0.3 is 5.97 Å². The molecule has 5 heteroatoms. The molecule has 0 atom stereocenters. The summed E-state index contributed by atoms with van der Waals surface area (Å²) in [4.78, 5) is 11.1. The van der Waals surface area contributed by atoms with Gasteiger partial charge in [-0.25, -0.2) is 4.79 Å². The van der Waals surface area contributed by atoms with Gasteiger partial charge in [-0.15, -0.1) is 0 Å². The van der Waals surface area contributed by atoms with Crippen LogP contribution in [0.3, 0.4) is 0 Å². The van der Waals surface area contributed by atoms with E-state index in [-0.39, 0.29) is 0 Å². The summed E-state index contributed by atoms with van der Waals surface area (Å²) in [5.41, 5.74) is 8.46. The maximum absolute atomic E-state index is 11.1. The number of nitrogens with two attached hydrogens (primary N) is 1. The first kappa shape index (κ1) is 15.6. The number of aliphatic carboxylic acids is 1. The van der Waals surface area contributed by atoms with E-state index in [1.165, 1.54) is 0 Å². The van der Waals surface area contributed by atoms with Crippen LogP contribution in [0.25, 0.3) is 5.57 Å². The maximum atomic E-state index is 11.1. The molecular formula is C16H13Cl2NO2. The van der Waals surface area contributed by atoms with Crippen molar-refractivity contribution in [2.24, 2.45) is 5.73 Å². The summed E-state index contributed by atoms with van der Waals surface area (Å²) in [5, 5.41) is 10.0. The lowest BCUT2D eigenvalue weighted by Gasteiger charge is -2.10. The second-order valence-electron chi connectivity index (χ2n) is 4.46. The van der Waals surface area contributed by atoms with Crippen molar-refractivity contribution in [3.63, 3.8) is 0 Å². The van der Waals surface area contributed by atoms with Gasteiger partial charge in [0.05, 0.1) is 0 Å². The summed E-state index contributed by atoms with van der Waals surface area (Å²) in [6.45, 7) is 0.379. The molecule has 0 radical (unpaired) electrons. The van der Waals surface area contributed by atoms with Crippen LogP contribution in [0.1, 0.15) is 16.7 Å². The molecule has 2 rings (SSSR count). The van der Waals surface area contributed by atoms with Gasteiger partial charge in [0.2, 0.25) is 0 Å². The number of rotatable bonds is 4. The van der Waals surface area contributed by atoms with Crippen molar-refractivity contribution in [3.05, 3.63) is 75.3 Å². The fourth-order valence-corrected chi connectivity index (χ4v) is 2.56. The third kappa shape index (κ3) is 4.08. The van der Waals surface area contributed by atoms with Gasteiger partial charge in [0.1, 0.15) is 0 Å². The van der Waals surface area contributed by atoms with Crippen LogP contribution in [-0.4, -0.2) is 11.1 Å². The van der Waals surface area contributed by atoms with Gasteiger partial charge in [-0.05, 0) is 46.5 Å². The smallest absolute Gasteiger partial charge is 0.328 e. The first-order chi connectivity index (χ1) is 9.99. The Kier molecular flexibility index (Phi) is 5.02. The lowest BCUT2D eigenvalue weighted by molar-refractivity contribution is -0.131. The van der Waals surface area contributed by atoms with Crippen LogP contribution < -0.4 is 5.73 Å². The number of benzene rings is 2. The summed E-state index contributed by atoms with van der Waals surface area (Å²) in [6, 6.07) is 12.3. The van der Waals surface area contributed by atoms with Crippen molar-refractivity contribution in [1.29, 1.82) is 0 Å². The van der Waals surface area contributed by atoms with Crippen LogP contribution in [0, 0.1) is 0 Å². The SMILES string of the molecule is NCc1cccc(/C(=C/C(=O)O)c2cc(Cl)cc(Cl)c2)c1. The first-order valence-corrected chi connectivity index (χ1v) is 6.95. The van der Waals surface area contributed by atoms with Gasteiger partial charge in [-0.2, -0.15) is 0 Å². The molecular weight excluding hydrogens is 309 g/mol. The van der Waals surface area contributed by atoms with Crippen molar-refractivity contribution in [3.8, 4) is 0 Å². The Morgan fingerprint density at radius 2 is 1.76 bits per heavy atom. The van der Waals surface area contributed by atoms with Crippen molar-refractivity contribution < 1.29 is 9.90 Å². The van der Waals surface area contributed by atoms with Gasteiger partial charge in [0.15, 0.2) is 0 Å². The lowest BCUT2D eigenvalue weighted by Crippen LogP contribution is -1.99. The minimum absolute atomic E-state index is 0.379. The molecule has 3 nitrogen and oxygen atoms in total. The van der Waals surface area contributed by atoms with E-state index in [2.05, 4.69) is 0 Å². The van der Waals surface area contributed by atoms with Crippen LogP contribution >= 0.6 is 23.2 Å². The molecule has 2 aromatic rings. The number of hydrogen-bond acceptors (Lipinski definition) is 2. The monoisotopic (exact) mass is 321 g/mol. The van der Waals surface area contributed by atoms with Gasteiger partial charge in [0.25, 0.3) is 0 Å². The molecule has 0 heterocycles. The van der Waals surface area contributed by atoms with Gasteiger partial charge in [-0.3, -0.25) is 0 Å². The van der Waals surface area contributed by atoms with Gasteiger partial charge in [0, 0.05) is 22.7 Å². The molecule has 0 saturated heterocycles. The molecule has 3 N–H and O–H groups in total. The summed E-state index contributed by atoms with van der Waals surface area (Å²) in [5.74, 6) is -1.04. The van der Waals surface area contributed by atoms with Crippen molar-refractivity contribution >= 4 is 34.7 Å². The second-order valence-corrected chi connectivity index (χ2v) is 5.33. The number of halogens is 2. The number of carboxylic acids is 1. The van der Waals surface area contributed by atoms with Crippen molar-refractivity contribution in [2.45, 2.75) is 6.54 Å². The highest BCUT2D eigenvalue weighted by Gasteiger charge is 2.10. The molecule has 2 aromatic carbocycles. The fraction of sp³-hybridized carbons (Fsp3) is 0.0625. The minimum Gasteiger partial charge on any atom is -0.478 e. The zero-order valence-corrected chi connectivity index (χ0v) is 12.5. The van der Waals surface area contributed by atoms with E-state index in [9.17, 15) is 4.79 Å². The highest BCUT2D eigenvalue weighted by molar-refractivity contribution is 6.35. The summed E-state index contributed by atoms with van der Waals surface area (Å²) in [6.07, 6.45) is 1.14. The highest BCUT2D eigenvalue weighted by Crippen LogP contribution is 2.29.